The lowest BCUT2D eigenvalue weighted by molar-refractivity contribution is 0.236. The van der Waals surface area contributed by atoms with Gasteiger partial charge in [-0.05, 0) is 73.6 Å². The lowest BCUT2D eigenvalue weighted by Gasteiger charge is -2.48. The zero-order valence-electron chi connectivity index (χ0n) is 33.5. The molecule has 0 saturated carbocycles. The van der Waals surface area contributed by atoms with Gasteiger partial charge in [0, 0.05) is 22.1 Å². The highest BCUT2D eigenvalue weighted by atomic mass is 15.0. The number of allylic oxidation sites excluding steroid dienone is 4. The van der Waals surface area contributed by atoms with Crippen LogP contribution < -0.4 is 0 Å². The Morgan fingerprint density at radius 2 is 0.962 bits per heavy atom. The van der Waals surface area contributed by atoms with Gasteiger partial charge in [0.2, 0.25) is 0 Å². The van der Waals surface area contributed by atoms with Crippen LogP contribution in [0.25, 0.3) is 39.7 Å². The first-order chi connectivity index (χ1) is 24.2. The van der Waals surface area contributed by atoms with Crippen molar-refractivity contribution < 1.29 is 0 Å². The highest BCUT2D eigenvalue weighted by Crippen LogP contribution is 2.54. The van der Waals surface area contributed by atoms with E-state index in [0.29, 0.717) is 17.5 Å². The molecule has 1 unspecified atom stereocenters. The van der Waals surface area contributed by atoms with E-state index in [-0.39, 0.29) is 27.1 Å². The van der Waals surface area contributed by atoms with E-state index in [4.69, 9.17) is 15.0 Å². The van der Waals surface area contributed by atoms with Gasteiger partial charge in [-0.3, -0.25) is 0 Å². The summed E-state index contributed by atoms with van der Waals surface area (Å²) in [5.41, 5.74) is 10.5. The van der Waals surface area contributed by atoms with Crippen molar-refractivity contribution in [2.24, 2.45) is 10.8 Å². The number of aromatic nitrogens is 3. The van der Waals surface area contributed by atoms with Gasteiger partial charge < -0.3 is 0 Å². The first-order valence-electron chi connectivity index (χ1n) is 18.8. The van der Waals surface area contributed by atoms with E-state index < -0.39 is 0 Å². The Balaban J connectivity index is 1.60. The normalized spacial score (nSPS) is 17.1. The van der Waals surface area contributed by atoms with Gasteiger partial charge >= 0.3 is 0 Å². The topological polar surface area (TPSA) is 38.7 Å². The second-order valence-corrected chi connectivity index (χ2v) is 18.8. The molecule has 0 aliphatic heterocycles. The fourth-order valence-corrected chi connectivity index (χ4v) is 7.19. The van der Waals surface area contributed by atoms with Crippen LogP contribution in [0.15, 0.2) is 121 Å². The third kappa shape index (κ3) is 7.61. The summed E-state index contributed by atoms with van der Waals surface area (Å²) in [5.74, 6) is 2.03. The lowest BCUT2D eigenvalue weighted by atomic mass is 9.55. The Bertz CT molecular complexity index is 2070. The standard InChI is InChI=1S/C49H57N3/c1-45(2,3)38-24-19-25-39(30-38)49(48(10,11)12)31-37(29-41(32-49)47(7,8)9)35-26-36(28-40(27-35)46(4,5)6)44-51-42(33-20-15-13-16-21-33)50-43(52-44)34-22-17-14-18-23-34/h13-30,32H,31H2,1-12H3. The van der Waals surface area contributed by atoms with E-state index in [1.54, 1.807) is 0 Å². The molecule has 0 saturated heterocycles. The quantitative estimate of drug-likeness (QED) is 0.185. The Labute approximate surface area is 313 Å². The van der Waals surface area contributed by atoms with E-state index in [1.165, 1.54) is 33.4 Å². The summed E-state index contributed by atoms with van der Waals surface area (Å²) in [5, 5.41) is 0. The second-order valence-electron chi connectivity index (χ2n) is 18.8. The van der Waals surface area contributed by atoms with Gasteiger partial charge in [0.25, 0.3) is 0 Å². The number of benzene rings is 4. The Morgan fingerprint density at radius 3 is 1.44 bits per heavy atom. The van der Waals surface area contributed by atoms with Crippen LogP contribution in [0.2, 0.25) is 0 Å². The summed E-state index contributed by atoms with van der Waals surface area (Å²) in [4.78, 5) is 15.3. The summed E-state index contributed by atoms with van der Waals surface area (Å²) in [6.45, 7) is 28.1. The third-order valence-electron chi connectivity index (χ3n) is 10.8. The molecule has 1 aliphatic carbocycles. The van der Waals surface area contributed by atoms with Crippen molar-refractivity contribution in [3.8, 4) is 34.2 Å². The molecule has 1 heterocycles. The fourth-order valence-electron chi connectivity index (χ4n) is 7.19. The Kier molecular flexibility index (Phi) is 9.58. The minimum atomic E-state index is -0.229. The monoisotopic (exact) mass is 687 g/mol. The van der Waals surface area contributed by atoms with Gasteiger partial charge in [0.05, 0.1) is 0 Å². The molecule has 3 heteroatoms. The average molecular weight is 688 g/mol. The summed E-state index contributed by atoms with van der Waals surface area (Å²) >= 11 is 0. The van der Waals surface area contributed by atoms with Gasteiger partial charge in [-0.15, -0.1) is 0 Å². The molecule has 1 atom stereocenters. The maximum absolute atomic E-state index is 5.16. The Morgan fingerprint density at radius 1 is 0.462 bits per heavy atom. The van der Waals surface area contributed by atoms with Crippen LogP contribution in [0.5, 0.6) is 0 Å². The SMILES string of the molecule is CC(C)(C)C1=CC(c2cccc(C(C)(C)C)c2)(C(C)(C)C)CC(c2cc(-c3nc(-c4ccccc4)nc(-c4ccccc4)n3)cc(C(C)(C)C)c2)=C1. The molecule has 5 aromatic rings. The third-order valence-corrected chi connectivity index (χ3v) is 10.8. The van der Waals surface area contributed by atoms with Crippen LogP contribution in [-0.4, -0.2) is 15.0 Å². The Hall–Kier alpha value is -4.63. The summed E-state index contributed by atoms with van der Waals surface area (Å²) in [6, 6.07) is 36.9. The van der Waals surface area contributed by atoms with Crippen LogP contribution in [0.3, 0.4) is 0 Å². The maximum atomic E-state index is 5.16. The molecular weight excluding hydrogens is 631 g/mol. The molecule has 0 bridgehead atoms. The van der Waals surface area contributed by atoms with Gasteiger partial charge in [-0.25, -0.2) is 15.0 Å². The molecule has 52 heavy (non-hydrogen) atoms. The van der Waals surface area contributed by atoms with Crippen LogP contribution in [-0.2, 0) is 16.2 Å². The predicted octanol–water partition coefficient (Wildman–Crippen LogP) is 13.2. The van der Waals surface area contributed by atoms with E-state index >= 15 is 0 Å². The highest BCUT2D eigenvalue weighted by Gasteiger charge is 2.45. The summed E-state index contributed by atoms with van der Waals surface area (Å²) < 4.78 is 0. The zero-order chi connectivity index (χ0) is 37.7. The molecule has 6 rings (SSSR count). The van der Waals surface area contributed by atoms with Crippen LogP contribution in [0.1, 0.15) is 112 Å². The minimum Gasteiger partial charge on any atom is -0.208 e. The number of hydrogen-bond donors (Lipinski definition) is 0. The molecule has 1 aromatic heterocycles. The van der Waals surface area contributed by atoms with Crippen molar-refractivity contribution in [1.82, 2.24) is 15.0 Å². The van der Waals surface area contributed by atoms with E-state index in [2.05, 4.69) is 162 Å². The average Bonchev–Trinajstić information content (AvgIpc) is 3.10. The molecule has 0 fully saturated rings. The minimum absolute atomic E-state index is 0.0440. The maximum Gasteiger partial charge on any atom is 0.164 e. The number of rotatable bonds is 5. The first-order valence-corrected chi connectivity index (χ1v) is 18.8. The lowest BCUT2D eigenvalue weighted by Crippen LogP contribution is -2.41. The van der Waals surface area contributed by atoms with E-state index in [9.17, 15) is 0 Å². The summed E-state index contributed by atoms with van der Waals surface area (Å²) in [6.07, 6.45) is 5.97. The van der Waals surface area contributed by atoms with Crippen LogP contribution in [0, 0.1) is 10.8 Å². The second kappa shape index (κ2) is 13.4. The molecule has 0 amide bonds. The fraction of sp³-hybridized carbons (Fsp3) is 0.367. The number of hydrogen-bond acceptors (Lipinski definition) is 3. The van der Waals surface area contributed by atoms with Gasteiger partial charge in [-0.1, -0.05) is 186 Å². The van der Waals surface area contributed by atoms with E-state index in [0.717, 1.165) is 23.1 Å². The van der Waals surface area contributed by atoms with Gasteiger partial charge in [-0.2, -0.15) is 0 Å². The molecule has 0 N–H and O–H groups in total. The van der Waals surface area contributed by atoms with Crippen LogP contribution >= 0.6 is 0 Å². The van der Waals surface area contributed by atoms with Crippen molar-refractivity contribution in [2.75, 3.05) is 0 Å². The molecule has 1 aliphatic rings. The van der Waals surface area contributed by atoms with Crippen molar-refractivity contribution >= 4 is 5.57 Å². The van der Waals surface area contributed by atoms with Crippen molar-refractivity contribution in [1.29, 1.82) is 0 Å². The summed E-state index contributed by atoms with van der Waals surface area (Å²) in [7, 11) is 0. The molecular formula is C49H57N3. The van der Waals surface area contributed by atoms with Crippen molar-refractivity contribution in [3.05, 3.63) is 143 Å². The predicted molar refractivity (Wildman–Crippen MR) is 221 cm³/mol. The molecule has 268 valence electrons. The van der Waals surface area contributed by atoms with Gasteiger partial charge in [0.15, 0.2) is 17.5 Å². The molecule has 3 nitrogen and oxygen atoms in total. The molecule has 4 aromatic carbocycles. The largest absolute Gasteiger partial charge is 0.208 e. The first kappa shape index (κ1) is 37.1. The molecule has 0 spiro atoms. The number of nitrogens with zero attached hydrogens (tertiary/aromatic N) is 3. The van der Waals surface area contributed by atoms with Crippen molar-refractivity contribution in [2.45, 2.75) is 106 Å². The zero-order valence-corrected chi connectivity index (χ0v) is 33.5. The van der Waals surface area contributed by atoms with Gasteiger partial charge in [0.1, 0.15) is 0 Å². The van der Waals surface area contributed by atoms with Crippen LogP contribution in [0.4, 0.5) is 0 Å². The smallest absolute Gasteiger partial charge is 0.164 e. The van der Waals surface area contributed by atoms with E-state index in [1.807, 2.05) is 36.4 Å². The molecule has 0 radical (unpaired) electrons. The highest BCUT2D eigenvalue weighted by molar-refractivity contribution is 5.78. The van der Waals surface area contributed by atoms with Crippen molar-refractivity contribution in [3.63, 3.8) is 0 Å².